The van der Waals surface area contributed by atoms with E-state index in [9.17, 15) is 17.6 Å². The summed E-state index contributed by atoms with van der Waals surface area (Å²) >= 11 is 0. The Balaban J connectivity index is 2.09. The molecule has 8 heteroatoms. The fourth-order valence-corrected chi connectivity index (χ4v) is 2.99. The van der Waals surface area contributed by atoms with E-state index in [1.165, 1.54) is 24.4 Å². The zero-order valence-corrected chi connectivity index (χ0v) is 14.6. The molecule has 0 unspecified atom stereocenters. The average molecular weight is 363 g/mol. The molecule has 0 aliphatic heterocycles. The summed E-state index contributed by atoms with van der Waals surface area (Å²) in [5.74, 6) is -1.42. The second-order valence-corrected chi connectivity index (χ2v) is 7.34. The minimum atomic E-state index is -3.84. The Bertz CT molecular complexity index is 898. The molecule has 25 heavy (non-hydrogen) atoms. The summed E-state index contributed by atoms with van der Waals surface area (Å²) in [7, 11) is -3.84. The molecule has 0 saturated heterocycles. The lowest BCUT2D eigenvalue weighted by Gasteiger charge is -2.21. The molecule has 0 aliphatic rings. The fourth-order valence-electron chi connectivity index (χ4n) is 2.13. The quantitative estimate of drug-likeness (QED) is 0.630. The van der Waals surface area contributed by atoms with Crippen molar-refractivity contribution in [2.45, 2.75) is 6.92 Å². The maximum atomic E-state index is 13.9. The Kier molecular flexibility index (Phi) is 5.87. The van der Waals surface area contributed by atoms with Gasteiger partial charge in [0, 0.05) is 0 Å². The Hall–Kier alpha value is -2.74. The van der Waals surface area contributed by atoms with Crippen LogP contribution < -0.4 is 9.73 Å². The van der Waals surface area contributed by atoms with Crippen LogP contribution >= 0.6 is 0 Å². The highest BCUT2D eigenvalue weighted by molar-refractivity contribution is 7.92. The SMILES string of the molecule is Cc1cccc(/C=N\NC(=O)CN(c2ccccc2F)S(C)(=O)=O)c1. The number of benzene rings is 2. The van der Waals surface area contributed by atoms with Crippen molar-refractivity contribution in [1.29, 1.82) is 0 Å². The predicted octanol–water partition coefficient (Wildman–Crippen LogP) is 2.05. The van der Waals surface area contributed by atoms with E-state index in [-0.39, 0.29) is 5.69 Å². The van der Waals surface area contributed by atoms with Gasteiger partial charge in [-0.05, 0) is 24.6 Å². The first kappa shape index (κ1) is 18.6. The maximum absolute atomic E-state index is 13.9. The van der Waals surface area contributed by atoms with Crippen molar-refractivity contribution in [3.8, 4) is 0 Å². The summed E-state index contributed by atoms with van der Waals surface area (Å²) in [6.07, 6.45) is 2.35. The van der Waals surface area contributed by atoms with E-state index in [2.05, 4.69) is 10.5 Å². The molecule has 0 radical (unpaired) electrons. The third kappa shape index (κ3) is 5.39. The lowest BCUT2D eigenvalue weighted by Crippen LogP contribution is -2.39. The molecular formula is C17H18FN3O3S. The monoisotopic (exact) mass is 363 g/mol. The summed E-state index contributed by atoms with van der Waals surface area (Å²) in [6, 6.07) is 12.8. The highest BCUT2D eigenvalue weighted by atomic mass is 32.2. The standard InChI is InChI=1S/C17H18FN3O3S/c1-13-6-5-7-14(10-13)11-19-20-17(22)12-21(25(2,23)24)16-9-4-3-8-15(16)18/h3-11H,12H2,1-2H3,(H,20,22)/b19-11-. The Morgan fingerprint density at radius 3 is 2.60 bits per heavy atom. The van der Waals surface area contributed by atoms with Crippen LogP contribution in [-0.4, -0.2) is 33.3 Å². The molecule has 0 bridgehead atoms. The normalized spacial score (nSPS) is 11.5. The van der Waals surface area contributed by atoms with E-state index in [1.54, 1.807) is 0 Å². The zero-order chi connectivity index (χ0) is 18.4. The van der Waals surface area contributed by atoms with Gasteiger partial charge in [-0.25, -0.2) is 18.2 Å². The Morgan fingerprint density at radius 2 is 1.96 bits per heavy atom. The molecule has 1 amide bonds. The summed E-state index contributed by atoms with van der Waals surface area (Å²) < 4.78 is 38.3. The molecule has 0 spiro atoms. The number of carbonyl (C=O) groups excluding carboxylic acids is 1. The van der Waals surface area contributed by atoms with Gasteiger partial charge in [0.25, 0.3) is 5.91 Å². The van der Waals surface area contributed by atoms with E-state index in [4.69, 9.17) is 0 Å². The Labute approximate surface area is 146 Å². The Morgan fingerprint density at radius 1 is 1.24 bits per heavy atom. The number of hydrogen-bond donors (Lipinski definition) is 1. The van der Waals surface area contributed by atoms with Gasteiger partial charge in [-0.3, -0.25) is 9.10 Å². The molecule has 0 aliphatic carbocycles. The molecule has 2 aromatic rings. The number of sulfonamides is 1. The van der Waals surface area contributed by atoms with Gasteiger partial charge in [-0.1, -0.05) is 42.0 Å². The summed E-state index contributed by atoms with van der Waals surface area (Å²) in [5.41, 5.74) is 3.88. The van der Waals surface area contributed by atoms with Crippen molar-refractivity contribution >= 4 is 27.8 Å². The molecule has 0 aromatic heterocycles. The van der Waals surface area contributed by atoms with Gasteiger partial charge in [-0.15, -0.1) is 0 Å². The molecule has 0 heterocycles. The molecule has 2 rings (SSSR count). The lowest BCUT2D eigenvalue weighted by molar-refractivity contribution is -0.119. The number of nitrogens with zero attached hydrogens (tertiary/aromatic N) is 2. The topological polar surface area (TPSA) is 78.8 Å². The number of nitrogens with one attached hydrogen (secondary N) is 1. The second-order valence-electron chi connectivity index (χ2n) is 5.43. The van der Waals surface area contributed by atoms with Crippen LogP contribution in [0.1, 0.15) is 11.1 Å². The van der Waals surface area contributed by atoms with Gasteiger partial charge in [0.15, 0.2) is 0 Å². The second kappa shape index (κ2) is 7.89. The van der Waals surface area contributed by atoms with Gasteiger partial charge >= 0.3 is 0 Å². The van der Waals surface area contributed by atoms with E-state index < -0.39 is 28.3 Å². The van der Waals surface area contributed by atoms with Gasteiger partial charge < -0.3 is 0 Å². The van der Waals surface area contributed by atoms with Crippen LogP contribution in [0.2, 0.25) is 0 Å². The summed E-state index contributed by atoms with van der Waals surface area (Å²) in [5, 5.41) is 3.79. The molecule has 1 N–H and O–H groups in total. The predicted molar refractivity (Wildman–Crippen MR) is 95.5 cm³/mol. The first-order chi connectivity index (χ1) is 11.8. The van der Waals surface area contributed by atoms with E-state index >= 15 is 0 Å². The number of rotatable bonds is 6. The number of amides is 1. The zero-order valence-electron chi connectivity index (χ0n) is 13.8. The van der Waals surface area contributed by atoms with Crippen LogP contribution in [0.15, 0.2) is 53.6 Å². The van der Waals surface area contributed by atoms with E-state index in [0.717, 1.165) is 23.4 Å². The van der Waals surface area contributed by atoms with Crippen molar-refractivity contribution < 1.29 is 17.6 Å². The van der Waals surface area contributed by atoms with Crippen molar-refractivity contribution in [2.75, 3.05) is 17.1 Å². The van der Waals surface area contributed by atoms with Crippen LogP contribution in [0.5, 0.6) is 0 Å². The van der Waals surface area contributed by atoms with Gasteiger partial charge in [0.1, 0.15) is 12.4 Å². The third-order valence-corrected chi connectivity index (χ3v) is 4.38. The van der Waals surface area contributed by atoms with Crippen molar-refractivity contribution in [3.05, 3.63) is 65.5 Å². The summed E-state index contributed by atoms with van der Waals surface area (Å²) in [6.45, 7) is 1.35. The van der Waals surface area contributed by atoms with E-state index in [1.807, 2.05) is 31.2 Å². The minimum Gasteiger partial charge on any atom is -0.271 e. The van der Waals surface area contributed by atoms with Crippen LogP contribution in [0.25, 0.3) is 0 Å². The summed E-state index contributed by atoms with van der Waals surface area (Å²) in [4.78, 5) is 12.0. The molecule has 2 aromatic carbocycles. The third-order valence-electron chi connectivity index (χ3n) is 3.25. The number of aryl methyl sites for hydroxylation is 1. The molecular weight excluding hydrogens is 345 g/mol. The number of carbonyl (C=O) groups is 1. The van der Waals surface area contributed by atoms with Crippen LogP contribution in [0.4, 0.5) is 10.1 Å². The van der Waals surface area contributed by atoms with Crippen molar-refractivity contribution in [3.63, 3.8) is 0 Å². The van der Waals surface area contributed by atoms with Crippen LogP contribution in [0, 0.1) is 12.7 Å². The molecule has 132 valence electrons. The number of hydrazone groups is 1. The van der Waals surface area contributed by atoms with E-state index in [0.29, 0.717) is 4.31 Å². The number of anilines is 1. The van der Waals surface area contributed by atoms with Gasteiger partial charge in [-0.2, -0.15) is 5.10 Å². The molecule has 0 saturated carbocycles. The molecule has 6 nitrogen and oxygen atoms in total. The van der Waals surface area contributed by atoms with Crippen LogP contribution in [-0.2, 0) is 14.8 Å². The number of halogens is 1. The fraction of sp³-hybridized carbons (Fsp3) is 0.176. The smallest absolute Gasteiger partial charge is 0.260 e. The maximum Gasteiger partial charge on any atom is 0.260 e. The number of hydrogen-bond acceptors (Lipinski definition) is 4. The van der Waals surface area contributed by atoms with Crippen molar-refractivity contribution in [2.24, 2.45) is 5.10 Å². The van der Waals surface area contributed by atoms with Gasteiger partial charge in [0.2, 0.25) is 10.0 Å². The van der Waals surface area contributed by atoms with Crippen LogP contribution in [0.3, 0.4) is 0 Å². The first-order valence-electron chi connectivity index (χ1n) is 7.38. The van der Waals surface area contributed by atoms with Gasteiger partial charge in [0.05, 0.1) is 18.2 Å². The lowest BCUT2D eigenvalue weighted by atomic mass is 10.2. The highest BCUT2D eigenvalue weighted by Crippen LogP contribution is 2.20. The first-order valence-corrected chi connectivity index (χ1v) is 9.23. The average Bonchev–Trinajstić information content (AvgIpc) is 2.52. The molecule has 0 atom stereocenters. The minimum absolute atomic E-state index is 0.192. The largest absolute Gasteiger partial charge is 0.271 e. The number of para-hydroxylation sites is 1. The molecule has 0 fully saturated rings. The highest BCUT2D eigenvalue weighted by Gasteiger charge is 2.23. The van der Waals surface area contributed by atoms with Crippen molar-refractivity contribution in [1.82, 2.24) is 5.43 Å².